The highest BCUT2D eigenvalue weighted by Crippen LogP contribution is 2.18. The maximum Gasteiger partial charge on any atom is 0.376 e. The lowest BCUT2D eigenvalue weighted by Crippen LogP contribution is -2.63. The Morgan fingerprint density at radius 3 is 2.58 bits per heavy atom. The Kier molecular flexibility index (Phi) is 2.05. The first-order chi connectivity index (χ1) is 5.49. The van der Waals surface area contributed by atoms with Crippen LogP contribution in [0.5, 0.6) is 0 Å². The molecule has 0 aromatic heterocycles. The fourth-order valence-electron chi connectivity index (χ4n) is 0.980. The number of carbonyl (C=O) groups is 1. The van der Waals surface area contributed by atoms with Crippen LogP contribution in [0.4, 0.5) is 0 Å². The van der Waals surface area contributed by atoms with Gasteiger partial charge in [0, 0.05) is 19.8 Å². The summed E-state index contributed by atoms with van der Waals surface area (Å²) in [6.45, 7) is -0.0207. The quantitative estimate of drug-likeness (QED) is 0.466. The lowest BCUT2D eigenvalue weighted by Gasteiger charge is -2.39. The first-order valence-corrected chi connectivity index (χ1v) is 3.31. The van der Waals surface area contributed by atoms with Gasteiger partial charge < -0.3 is 20.3 Å². The highest BCUT2D eigenvalue weighted by molar-refractivity contribution is 5.76. The van der Waals surface area contributed by atoms with E-state index in [9.17, 15) is 9.90 Å². The van der Waals surface area contributed by atoms with Gasteiger partial charge in [0.25, 0.3) is 0 Å². The third kappa shape index (κ3) is 1.06. The zero-order chi connectivity index (χ0) is 9.35. The fourth-order valence-corrected chi connectivity index (χ4v) is 0.980. The molecule has 3 N–H and O–H groups in total. The number of aliphatic carboxylic acids is 1. The third-order valence-corrected chi connectivity index (χ3v) is 1.75. The molecule has 6 nitrogen and oxygen atoms in total. The number of likely N-dealkylation sites (N-methyl/N-ethyl adjacent to an activating group) is 1. The smallest absolute Gasteiger partial charge is 0.376 e. The molecule has 0 saturated heterocycles. The number of rotatable bonds is 1. The van der Waals surface area contributed by atoms with Crippen molar-refractivity contribution in [3.63, 3.8) is 0 Å². The van der Waals surface area contributed by atoms with Crippen LogP contribution in [0.25, 0.3) is 0 Å². The summed E-state index contributed by atoms with van der Waals surface area (Å²) in [5.41, 5.74) is 0. The van der Waals surface area contributed by atoms with Gasteiger partial charge in [-0.3, -0.25) is 0 Å². The van der Waals surface area contributed by atoms with Crippen molar-refractivity contribution in [2.75, 3.05) is 13.6 Å². The zero-order valence-corrected chi connectivity index (χ0v) is 6.51. The molecule has 1 aliphatic heterocycles. The van der Waals surface area contributed by atoms with Crippen LogP contribution in [0.3, 0.4) is 0 Å². The summed E-state index contributed by atoms with van der Waals surface area (Å²) in [6.07, 6.45) is 2.91. The van der Waals surface area contributed by atoms with Crippen molar-refractivity contribution in [2.24, 2.45) is 0 Å². The van der Waals surface area contributed by atoms with Gasteiger partial charge in [-0.05, 0) is 0 Å². The number of nitrogens with zero attached hydrogens (tertiary/aromatic N) is 2. The third-order valence-electron chi connectivity index (χ3n) is 1.75. The van der Waals surface area contributed by atoms with E-state index in [0.717, 1.165) is 4.90 Å². The lowest BCUT2D eigenvalue weighted by molar-refractivity contribution is -0.303. The fraction of sp³-hybridized carbons (Fsp3) is 0.500. The van der Waals surface area contributed by atoms with Gasteiger partial charge in [0.15, 0.2) is 0 Å². The molecule has 1 unspecified atom stereocenters. The second kappa shape index (κ2) is 2.74. The number of hydrogen-bond acceptors (Lipinski definition) is 5. The first-order valence-electron chi connectivity index (χ1n) is 3.31. The zero-order valence-electron chi connectivity index (χ0n) is 6.51. The Balaban J connectivity index is 2.99. The topological polar surface area (TPSA) is 84.2 Å². The largest absolute Gasteiger partial charge is 0.477 e. The second-order valence-corrected chi connectivity index (χ2v) is 2.52. The maximum atomic E-state index is 10.6. The summed E-state index contributed by atoms with van der Waals surface area (Å²) in [7, 11) is 1.35. The normalized spacial score (nSPS) is 30.8. The number of hydrogen-bond donors (Lipinski definition) is 3. The van der Waals surface area contributed by atoms with Crippen molar-refractivity contribution >= 4 is 5.97 Å². The SMILES string of the molecule is CN1C=CCN(O)C1(O)C(=O)O. The van der Waals surface area contributed by atoms with E-state index in [2.05, 4.69) is 0 Å². The Bertz CT molecular complexity index is 230. The van der Waals surface area contributed by atoms with Crippen molar-refractivity contribution in [3.8, 4) is 0 Å². The van der Waals surface area contributed by atoms with Crippen LogP contribution in [-0.2, 0) is 4.79 Å². The van der Waals surface area contributed by atoms with Crippen LogP contribution in [0.15, 0.2) is 12.3 Å². The Morgan fingerprint density at radius 1 is 1.67 bits per heavy atom. The van der Waals surface area contributed by atoms with Crippen molar-refractivity contribution < 1.29 is 20.2 Å². The van der Waals surface area contributed by atoms with Crippen LogP contribution >= 0.6 is 0 Å². The summed E-state index contributed by atoms with van der Waals surface area (Å²) in [6, 6.07) is 0. The summed E-state index contributed by atoms with van der Waals surface area (Å²) >= 11 is 0. The highest BCUT2D eigenvalue weighted by Gasteiger charge is 2.46. The molecule has 1 rings (SSSR count). The van der Waals surface area contributed by atoms with Crippen LogP contribution in [0.1, 0.15) is 0 Å². The molecular weight excluding hydrogens is 164 g/mol. The van der Waals surface area contributed by atoms with Gasteiger partial charge in [-0.2, -0.15) is 0 Å². The molecule has 0 aliphatic carbocycles. The monoisotopic (exact) mass is 174 g/mol. The number of hydroxylamine groups is 2. The molecule has 0 bridgehead atoms. The standard InChI is InChI=1S/C6H10N2O4/c1-7-3-2-4-8(12)6(7,11)5(9)10/h2-3,11-12H,4H2,1H3,(H,9,10). The molecule has 1 heterocycles. The molecule has 12 heavy (non-hydrogen) atoms. The van der Waals surface area contributed by atoms with Crippen molar-refractivity contribution in [1.29, 1.82) is 0 Å². The minimum absolute atomic E-state index is 0.0207. The van der Waals surface area contributed by atoms with E-state index >= 15 is 0 Å². The molecule has 68 valence electrons. The lowest BCUT2D eigenvalue weighted by atomic mass is 10.3. The summed E-state index contributed by atoms with van der Waals surface area (Å²) in [5.74, 6) is -3.87. The second-order valence-electron chi connectivity index (χ2n) is 2.52. The van der Waals surface area contributed by atoms with Crippen molar-refractivity contribution in [3.05, 3.63) is 12.3 Å². The van der Waals surface area contributed by atoms with E-state index in [-0.39, 0.29) is 6.54 Å². The molecule has 0 radical (unpaired) electrons. The van der Waals surface area contributed by atoms with Gasteiger partial charge in [0.2, 0.25) is 0 Å². The average Bonchev–Trinajstić information content (AvgIpc) is 1.99. The Morgan fingerprint density at radius 2 is 2.25 bits per heavy atom. The molecule has 0 fully saturated rings. The molecule has 0 saturated carbocycles. The predicted molar refractivity (Wildman–Crippen MR) is 38.0 cm³/mol. The predicted octanol–water partition coefficient (Wildman–Crippen LogP) is -1.13. The van der Waals surface area contributed by atoms with Gasteiger partial charge >= 0.3 is 11.8 Å². The van der Waals surface area contributed by atoms with Crippen molar-refractivity contribution in [2.45, 2.75) is 5.85 Å². The summed E-state index contributed by atoms with van der Waals surface area (Å²) in [4.78, 5) is 11.6. The number of carboxylic acid groups (broad SMARTS) is 1. The van der Waals surface area contributed by atoms with Crippen LogP contribution in [0.2, 0.25) is 0 Å². The Labute approximate surface area is 68.9 Å². The molecule has 0 spiro atoms. The van der Waals surface area contributed by atoms with Gasteiger partial charge in [0.1, 0.15) is 0 Å². The minimum atomic E-state index is -2.35. The van der Waals surface area contributed by atoms with Crippen molar-refractivity contribution in [1.82, 2.24) is 9.96 Å². The molecule has 0 amide bonds. The Hall–Kier alpha value is -1.11. The maximum absolute atomic E-state index is 10.6. The summed E-state index contributed by atoms with van der Waals surface area (Å²) < 4.78 is 0. The molecule has 6 heteroatoms. The van der Waals surface area contributed by atoms with Gasteiger partial charge in [-0.15, -0.1) is 5.06 Å². The van der Waals surface area contributed by atoms with Crippen LogP contribution < -0.4 is 0 Å². The minimum Gasteiger partial charge on any atom is -0.477 e. The molecule has 1 aliphatic rings. The molecule has 0 aromatic rings. The molecular formula is C6H10N2O4. The molecule has 1 atom stereocenters. The van der Waals surface area contributed by atoms with Gasteiger partial charge in [-0.1, -0.05) is 6.08 Å². The average molecular weight is 174 g/mol. The molecule has 0 aromatic carbocycles. The summed E-state index contributed by atoms with van der Waals surface area (Å²) in [5, 5.41) is 27.5. The highest BCUT2D eigenvalue weighted by atomic mass is 16.6. The first kappa shape index (κ1) is 8.98. The van der Waals surface area contributed by atoms with E-state index in [1.807, 2.05) is 0 Å². The van der Waals surface area contributed by atoms with E-state index in [4.69, 9.17) is 10.3 Å². The van der Waals surface area contributed by atoms with E-state index in [0.29, 0.717) is 5.06 Å². The number of aliphatic hydroxyl groups is 1. The van der Waals surface area contributed by atoms with Gasteiger partial charge in [0.05, 0.1) is 0 Å². The van der Waals surface area contributed by atoms with Crippen LogP contribution in [-0.4, -0.2) is 50.8 Å². The van der Waals surface area contributed by atoms with Gasteiger partial charge in [-0.25, -0.2) is 4.79 Å². The van der Waals surface area contributed by atoms with E-state index in [1.165, 1.54) is 19.3 Å². The van der Waals surface area contributed by atoms with E-state index < -0.39 is 11.8 Å². The van der Waals surface area contributed by atoms with Crippen LogP contribution in [0, 0.1) is 0 Å². The van der Waals surface area contributed by atoms with E-state index in [1.54, 1.807) is 0 Å². The number of carboxylic acids is 1.